The van der Waals surface area contributed by atoms with Gasteiger partial charge in [-0.15, -0.1) is 0 Å². The van der Waals surface area contributed by atoms with E-state index < -0.39 is 0 Å². The van der Waals surface area contributed by atoms with Crippen molar-refractivity contribution >= 4 is 0 Å². The second-order valence-electron chi connectivity index (χ2n) is 3.67. The lowest BCUT2D eigenvalue weighted by Crippen LogP contribution is -2.04. The average Bonchev–Trinajstić information content (AvgIpc) is 2.78. The van der Waals surface area contributed by atoms with E-state index in [2.05, 4.69) is 10.1 Å². The number of hydrogen-bond donors (Lipinski definition) is 1. The lowest BCUT2D eigenvalue weighted by Gasteiger charge is -2.00. The molecule has 0 saturated heterocycles. The molecule has 1 heterocycles. The second-order valence-corrected chi connectivity index (χ2v) is 3.67. The van der Waals surface area contributed by atoms with Gasteiger partial charge in [0.25, 0.3) is 0 Å². The van der Waals surface area contributed by atoms with E-state index >= 15 is 0 Å². The van der Waals surface area contributed by atoms with Crippen molar-refractivity contribution in [1.29, 1.82) is 0 Å². The Morgan fingerprint density at radius 1 is 1.29 bits per heavy atom. The van der Waals surface area contributed by atoms with Gasteiger partial charge < -0.3 is 15.0 Å². The first-order valence-corrected chi connectivity index (χ1v) is 5.46. The first-order chi connectivity index (χ1) is 8.31. The highest BCUT2D eigenvalue weighted by Gasteiger charge is 2.06. The first-order valence-electron chi connectivity index (χ1n) is 5.46. The third-order valence-corrected chi connectivity index (χ3v) is 2.39. The zero-order valence-electron chi connectivity index (χ0n) is 9.72. The molecule has 2 aromatic rings. The number of rotatable bonds is 5. The lowest BCUT2D eigenvalue weighted by molar-refractivity contribution is 0.379. The molecule has 17 heavy (non-hydrogen) atoms. The SMILES string of the molecule is COc1ccc(Cc2nc(CCN)no2)cc1. The molecule has 0 fully saturated rings. The van der Waals surface area contributed by atoms with Crippen LogP contribution in [0.1, 0.15) is 17.3 Å². The van der Waals surface area contributed by atoms with Crippen LogP contribution in [0.4, 0.5) is 0 Å². The molecule has 0 saturated carbocycles. The Labute approximate surface area is 99.6 Å². The van der Waals surface area contributed by atoms with Crippen molar-refractivity contribution in [3.63, 3.8) is 0 Å². The third kappa shape index (κ3) is 3.04. The van der Waals surface area contributed by atoms with Gasteiger partial charge in [-0.2, -0.15) is 4.98 Å². The second kappa shape index (κ2) is 5.45. The summed E-state index contributed by atoms with van der Waals surface area (Å²) in [6.07, 6.45) is 1.27. The van der Waals surface area contributed by atoms with Gasteiger partial charge in [0.15, 0.2) is 5.82 Å². The number of ether oxygens (including phenoxy) is 1. The maximum Gasteiger partial charge on any atom is 0.231 e. The van der Waals surface area contributed by atoms with Gasteiger partial charge in [-0.1, -0.05) is 17.3 Å². The molecule has 2 N–H and O–H groups in total. The summed E-state index contributed by atoms with van der Waals surface area (Å²) < 4.78 is 10.2. The summed E-state index contributed by atoms with van der Waals surface area (Å²) >= 11 is 0. The Morgan fingerprint density at radius 2 is 2.06 bits per heavy atom. The first kappa shape index (κ1) is 11.6. The summed E-state index contributed by atoms with van der Waals surface area (Å²) in [4.78, 5) is 4.25. The van der Waals surface area contributed by atoms with Crippen molar-refractivity contribution in [2.24, 2.45) is 5.73 Å². The molecule has 0 spiro atoms. The maximum atomic E-state index is 5.42. The molecule has 0 unspecified atom stereocenters. The van der Waals surface area contributed by atoms with E-state index in [4.69, 9.17) is 15.0 Å². The zero-order chi connectivity index (χ0) is 12.1. The normalized spacial score (nSPS) is 10.5. The van der Waals surface area contributed by atoms with Crippen molar-refractivity contribution in [1.82, 2.24) is 10.1 Å². The molecule has 5 nitrogen and oxygen atoms in total. The Kier molecular flexibility index (Phi) is 3.72. The number of nitrogens with two attached hydrogens (primary N) is 1. The molecular weight excluding hydrogens is 218 g/mol. The van der Waals surface area contributed by atoms with Gasteiger partial charge in [0.05, 0.1) is 13.5 Å². The predicted octanol–water partition coefficient (Wildman–Crippen LogP) is 1.17. The van der Waals surface area contributed by atoms with Crippen LogP contribution in [-0.4, -0.2) is 23.8 Å². The van der Waals surface area contributed by atoms with E-state index in [1.807, 2.05) is 24.3 Å². The van der Waals surface area contributed by atoms with E-state index in [0.29, 0.717) is 31.1 Å². The zero-order valence-corrected chi connectivity index (χ0v) is 9.72. The molecule has 90 valence electrons. The Bertz CT molecular complexity index is 465. The van der Waals surface area contributed by atoms with E-state index in [1.54, 1.807) is 7.11 Å². The smallest absolute Gasteiger partial charge is 0.231 e. The van der Waals surface area contributed by atoms with Crippen LogP contribution in [0.3, 0.4) is 0 Å². The Morgan fingerprint density at radius 3 is 2.71 bits per heavy atom. The topological polar surface area (TPSA) is 74.2 Å². The summed E-state index contributed by atoms with van der Waals surface area (Å²) in [5.41, 5.74) is 6.52. The van der Waals surface area contributed by atoms with E-state index in [-0.39, 0.29) is 0 Å². The van der Waals surface area contributed by atoms with Gasteiger partial charge in [-0.25, -0.2) is 0 Å². The van der Waals surface area contributed by atoms with Gasteiger partial charge in [-0.3, -0.25) is 0 Å². The van der Waals surface area contributed by atoms with E-state index in [1.165, 1.54) is 0 Å². The minimum atomic E-state index is 0.529. The molecule has 2 rings (SSSR count). The molecule has 0 radical (unpaired) electrons. The minimum Gasteiger partial charge on any atom is -0.497 e. The molecule has 0 aliphatic carbocycles. The number of hydrogen-bond acceptors (Lipinski definition) is 5. The molecule has 0 amide bonds. The van der Waals surface area contributed by atoms with Crippen LogP contribution < -0.4 is 10.5 Å². The quantitative estimate of drug-likeness (QED) is 0.839. The fourth-order valence-electron chi connectivity index (χ4n) is 1.51. The van der Waals surface area contributed by atoms with Crippen LogP contribution in [0.5, 0.6) is 5.75 Å². The fraction of sp³-hybridized carbons (Fsp3) is 0.333. The maximum absolute atomic E-state index is 5.42. The number of methoxy groups -OCH3 is 1. The molecule has 0 bridgehead atoms. The van der Waals surface area contributed by atoms with Crippen LogP contribution in [0.2, 0.25) is 0 Å². The molecule has 1 aromatic carbocycles. The Hall–Kier alpha value is -1.88. The Balaban J connectivity index is 2.03. The molecule has 0 atom stereocenters. The van der Waals surface area contributed by atoms with Gasteiger partial charge >= 0.3 is 0 Å². The summed E-state index contributed by atoms with van der Waals surface area (Å²) in [7, 11) is 1.64. The largest absolute Gasteiger partial charge is 0.497 e. The molecule has 1 aromatic heterocycles. The van der Waals surface area contributed by atoms with Crippen molar-refractivity contribution in [3.8, 4) is 5.75 Å². The summed E-state index contributed by atoms with van der Waals surface area (Å²) in [6, 6.07) is 7.77. The lowest BCUT2D eigenvalue weighted by atomic mass is 10.1. The van der Waals surface area contributed by atoms with Crippen LogP contribution in [0.25, 0.3) is 0 Å². The van der Waals surface area contributed by atoms with Crippen LogP contribution in [0, 0.1) is 0 Å². The summed E-state index contributed by atoms with van der Waals surface area (Å²) in [6.45, 7) is 0.529. The number of aromatic nitrogens is 2. The van der Waals surface area contributed by atoms with Gasteiger partial charge in [-0.05, 0) is 24.2 Å². The highest BCUT2D eigenvalue weighted by molar-refractivity contribution is 5.28. The molecule has 0 aliphatic heterocycles. The van der Waals surface area contributed by atoms with Crippen LogP contribution in [-0.2, 0) is 12.8 Å². The average molecular weight is 233 g/mol. The van der Waals surface area contributed by atoms with Crippen molar-refractivity contribution in [3.05, 3.63) is 41.5 Å². The third-order valence-electron chi connectivity index (χ3n) is 2.39. The monoisotopic (exact) mass is 233 g/mol. The highest BCUT2D eigenvalue weighted by atomic mass is 16.5. The molecule has 0 aliphatic rings. The van der Waals surface area contributed by atoms with Gasteiger partial charge in [0, 0.05) is 6.42 Å². The summed E-state index contributed by atoms with van der Waals surface area (Å²) in [5.74, 6) is 2.11. The predicted molar refractivity (Wildman–Crippen MR) is 62.9 cm³/mol. The van der Waals surface area contributed by atoms with E-state index in [9.17, 15) is 0 Å². The van der Waals surface area contributed by atoms with Crippen LogP contribution >= 0.6 is 0 Å². The van der Waals surface area contributed by atoms with Crippen molar-refractivity contribution in [2.45, 2.75) is 12.8 Å². The standard InChI is InChI=1S/C12H15N3O2/c1-16-10-4-2-9(3-5-10)8-12-14-11(6-7-13)15-17-12/h2-5H,6-8,13H2,1H3. The minimum absolute atomic E-state index is 0.529. The number of benzene rings is 1. The van der Waals surface area contributed by atoms with Gasteiger partial charge in [0.2, 0.25) is 5.89 Å². The van der Waals surface area contributed by atoms with Crippen molar-refractivity contribution in [2.75, 3.05) is 13.7 Å². The van der Waals surface area contributed by atoms with Crippen LogP contribution in [0.15, 0.2) is 28.8 Å². The number of nitrogens with zero attached hydrogens (tertiary/aromatic N) is 2. The fourth-order valence-corrected chi connectivity index (χ4v) is 1.51. The highest BCUT2D eigenvalue weighted by Crippen LogP contribution is 2.14. The summed E-state index contributed by atoms with van der Waals surface area (Å²) in [5, 5.41) is 3.85. The van der Waals surface area contributed by atoms with Gasteiger partial charge in [0.1, 0.15) is 5.75 Å². The van der Waals surface area contributed by atoms with Crippen molar-refractivity contribution < 1.29 is 9.26 Å². The van der Waals surface area contributed by atoms with E-state index in [0.717, 1.165) is 11.3 Å². The molecule has 5 heteroatoms. The molecular formula is C12H15N3O2.